The maximum absolute atomic E-state index is 12.8. The lowest BCUT2D eigenvalue weighted by Crippen LogP contribution is -2.56. The van der Waals surface area contributed by atoms with Gasteiger partial charge in [0.1, 0.15) is 16.6 Å². The first-order valence-electron chi connectivity index (χ1n) is 14.7. The van der Waals surface area contributed by atoms with Gasteiger partial charge in [-0.05, 0) is 66.2 Å². The molecule has 6 rings (SSSR count). The summed E-state index contributed by atoms with van der Waals surface area (Å²) in [5.41, 5.74) is 1.13. The Bertz CT molecular complexity index is 1260. The molecule has 0 bridgehead atoms. The van der Waals surface area contributed by atoms with Crippen LogP contribution in [0.2, 0.25) is 5.15 Å². The number of rotatable bonds is 2. The Kier molecular flexibility index (Phi) is 7.24. The van der Waals surface area contributed by atoms with Gasteiger partial charge in [-0.2, -0.15) is 0 Å². The van der Waals surface area contributed by atoms with Gasteiger partial charge in [0.05, 0.1) is 24.3 Å². The van der Waals surface area contributed by atoms with Crippen molar-refractivity contribution in [2.45, 2.75) is 102 Å². The molecule has 1 saturated carbocycles. The van der Waals surface area contributed by atoms with E-state index in [1.165, 1.54) is 0 Å². The Morgan fingerprint density at radius 2 is 1.82 bits per heavy atom. The van der Waals surface area contributed by atoms with Crippen LogP contribution in [0.3, 0.4) is 0 Å². The van der Waals surface area contributed by atoms with E-state index < -0.39 is 11.4 Å². The predicted octanol–water partition coefficient (Wildman–Crippen LogP) is 5.51. The summed E-state index contributed by atoms with van der Waals surface area (Å²) in [5.74, 6) is 1.10. The summed E-state index contributed by atoms with van der Waals surface area (Å²) in [5, 5.41) is 5.00. The van der Waals surface area contributed by atoms with Crippen LogP contribution in [0.25, 0.3) is 11.6 Å². The number of carbonyl (C=O) groups is 1. The van der Waals surface area contributed by atoms with E-state index in [1.807, 2.05) is 20.8 Å². The average Bonchev–Trinajstić information content (AvgIpc) is 3.50. The first-order chi connectivity index (χ1) is 19.1. The molecule has 218 valence electrons. The van der Waals surface area contributed by atoms with Crippen molar-refractivity contribution in [3.05, 3.63) is 22.5 Å². The molecule has 1 unspecified atom stereocenters. The van der Waals surface area contributed by atoms with Crippen LogP contribution in [0.5, 0.6) is 0 Å². The van der Waals surface area contributed by atoms with E-state index in [9.17, 15) is 4.79 Å². The molecule has 40 heavy (non-hydrogen) atoms. The van der Waals surface area contributed by atoms with Crippen LogP contribution in [0.15, 0.2) is 10.6 Å². The molecule has 4 heterocycles. The molecular weight excluding hydrogens is 534 g/mol. The highest BCUT2D eigenvalue weighted by Gasteiger charge is 2.61. The molecule has 0 radical (unpaired) electrons. The normalized spacial score (nSPS) is 26.7. The first kappa shape index (κ1) is 27.7. The van der Waals surface area contributed by atoms with Crippen LogP contribution >= 0.6 is 11.6 Å². The third-order valence-corrected chi connectivity index (χ3v) is 8.98. The molecular formula is C29H40ClN5O5. The molecule has 4 aliphatic rings. The predicted molar refractivity (Wildman–Crippen MR) is 149 cm³/mol. The van der Waals surface area contributed by atoms with E-state index in [0.717, 1.165) is 69.2 Å². The Hall–Kier alpha value is -2.43. The van der Waals surface area contributed by atoms with Crippen molar-refractivity contribution in [1.29, 1.82) is 0 Å². The number of hydrogen-bond acceptors (Lipinski definition) is 9. The molecule has 1 amide bonds. The van der Waals surface area contributed by atoms with Crippen LogP contribution < -0.4 is 4.90 Å². The smallest absolute Gasteiger partial charge is 0.410 e. The Morgan fingerprint density at radius 1 is 1.07 bits per heavy atom. The number of nitrogens with zero attached hydrogens (tertiary/aromatic N) is 5. The fraction of sp³-hybridized carbons (Fsp3) is 0.724. The minimum Gasteiger partial charge on any atom is -0.444 e. The van der Waals surface area contributed by atoms with Crippen molar-refractivity contribution < 1.29 is 23.5 Å². The second-order valence-corrected chi connectivity index (χ2v) is 13.0. The van der Waals surface area contributed by atoms with Crippen LogP contribution in [0, 0.1) is 0 Å². The van der Waals surface area contributed by atoms with Crippen molar-refractivity contribution in [1.82, 2.24) is 20.0 Å². The molecule has 2 atom stereocenters. The Balaban J connectivity index is 1.30. The maximum atomic E-state index is 12.8. The minimum atomic E-state index is -0.629. The highest BCUT2D eigenvalue weighted by Crippen LogP contribution is 2.56. The molecule has 2 aliphatic heterocycles. The van der Waals surface area contributed by atoms with Crippen molar-refractivity contribution in [2.75, 3.05) is 37.7 Å². The van der Waals surface area contributed by atoms with E-state index in [1.54, 1.807) is 11.0 Å². The van der Waals surface area contributed by atoms with Crippen LogP contribution in [-0.4, -0.2) is 76.4 Å². The first-order valence-corrected chi connectivity index (χ1v) is 15.1. The van der Waals surface area contributed by atoms with Crippen molar-refractivity contribution in [3.8, 4) is 11.6 Å². The monoisotopic (exact) mass is 573 g/mol. The number of aromatic nitrogens is 3. The van der Waals surface area contributed by atoms with Crippen LogP contribution in [0.1, 0.15) is 83.9 Å². The van der Waals surface area contributed by atoms with Gasteiger partial charge in [0.2, 0.25) is 11.6 Å². The molecule has 11 heteroatoms. The molecule has 2 saturated heterocycles. The summed E-state index contributed by atoms with van der Waals surface area (Å²) in [4.78, 5) is 26.3. The van der Waals surface area contributed by atoms with E-state index in [0.29, 0.717) is 48.9 Å². The third kappa shape index (κ3) is 4.86. The topological polar surface area (TPSA) is 103 Å². The fourth-order valence-corrected chi connectivity index (χ4v) is 7.31. The highest BCUT2D eigenvalue weighted by molar-refractivity contribution is 6.29. The second kappa shape index (κ2) is 10.4. The zero-order valence-electron chi connectivity index (χ0n) is 24.0. The van der Waals surface area contributed by atoms with Gasteiger partial charge >= 0.3 is 6.09 Å². The number of hydrogen-bond donors (Lipinski definition) is 0. The van der Waals surface area contributed by atoms with E-state index in [-0.39, 0.29) is 17.6 Å². The molecule has 2 spiro atoms. The summed E-state index contributed by atoms with van der Waals surface area (Å²) in [6, 6.07) is 1.78. The number of amides is 1. The van der Waals surface area contributed by atoms with Crippen LogP contribution in [0.4, 0.5) is 10.6 Å². The molecule has 2 aromatic heterocycles. The molecule has 2 aromatic rings. The third-order valence-electron chi connectivity index (χ3n) is 8.79. The van der Waals surface area contributed by atoms with E-state index >= 15 is 0 Å². The van der Waals surface area contributed by atoms with Crippen LogP contribution in [-0.2, 0) is 26.0 Å². The molecule has 3 fully saturated rings. The van der Waals surface area contributed by atoms with Gasteiger partial charge in [0, 0.05) is 43.7 Å². The summed E-state index contributed by atoms with van der Waals surface area (Å²) >= 11 is 6.59. The number of ether oxygens (including phenoxy) is 3. The molecule has 2 aliphatic carbocycles. The lowest BCUT2D eigenvalue weighted by molar-refractivity contribution is -0.231. The number of carbonyl (C=O) groups excluding carboxylic acids is 1. The van der Waals surface area contributed by atoms with E-state index in [2.05, 4.69) is 22.0 Å². The van der Waals surface area contributed by atoms with Gasteiger partial charge in [-0.3, -0.25) is 0 Å². The van der Waals surface area contributed by atoms with Gasteiger partial charge in [-0.25, -0.2) is 14.8 Å². The zero-order valence-corrected chi connectivity index (χ0v) is 24.8. The Labute approximate surface area is 240 Å². The van der Waals surface area contributed by atoms with Crippen molar-refractivity contribution >= 4 is 23.5 Å². The number of anilines is 1. The summed E-state index contributed by atoms with van der Waals surface area (Å²) in [6.07, 6.45) is 7.32. The van der Waals surface area contributed by atoms with E-state index in [4.69, 9.17) is 35.3 Å². The largest absolute Gasteiger partial charge is 0.444 e. The zero-order chi connectivity index (χ0) is 28.1. The van der Waals surface area contributed by atoms with Gasteiger partial charge in [-0.15, -0.1) is 0 Å². The lowest BCUT2D eigenvalue weighted by atomic mass is 9.61. The number of halogens is 1. The van der Waals surface area contributed by atoms with Crippen molar-refractivity contribution in [2.24, 2.45) is 0 Å². The summed E-state index contributed by atoms with van der Waals surface area (Å²) in [7, 11) is 0. The molecule has 10 nitrogen and oxygen atoms in total. The van der Waals surface area contributed by atoms with Gasteiger partial charge in [0.25, 0.3) is 0 Å². The fourth-order valence-electron chi connectivity index (χ4n) is 7.13. The summed E-state index contributed by atoms with van der Waals surface area (Å²) in [6.45, 7) is 10.8. The minimum absolute atomic E-state index is 0.000457. The maximum Gasteiger partial charge on any atom is 0.410 e. The molecule has 0 aromatic carbocycles. The highest BCUT2D eigenvalue weighted by atomic mass is 35.5. The average molecular weight is 574 g/mol. The van der Waals surface area contributed by atoms with Gasteiger partial charge in [0.15, 0.2) is 5.79 Å². The number of fused-ring (bicyclic) bond motifs is 3. The quantitative estimate of drug-likeness (QED) is 0.430. The Morgan fingerprint density at radius 3 is 2.60 bits per heavy atom. The van der Waals surface area contributed by atoms with Crippen molar-refractivity contribution in [3.63, 3.8) is 0 Å². The standard InChI is InChI=1S/C29H40ClN5O5/c1-19-18-34(26(36)39-27(2,3)4)13-8-14-35(19)22-17-21(30)31-25(32-22)23-20-9-7-11-28(24(20)33-40-23)10-5-6-12-29(28)37-15-16-38-29/h17,19H,5-16,18H2,1-4H3/t19?,28-/m0/s1. The SMILES string of the molecule is CC1CN(C(=O)OC(C)(C)C)CCCN1c1cc(Cl)nc(-c2onc3c2CCC[C@@]32CCCCC23OCCO3)n1. The van der Waals surface area contributed by atoms with Gasteiger partial charge in [-0.1, -0.05) is 23.2 Å². The second-order valence-electron chi connectivity index (χ2n) is 12.6. The lowest BCUT2D eigenvalue weighted by Gasteiger charge is -2.50. The van der Waals surface area contributed by atoms with Gasteiger partial charge < -0.3 is 28.5 Å². The summed E-state index contributed by atoms with van der Waals surface area (Å²) < 4.78 is 24.4. The molecule has 0 N–H and O–H groups in total.